The monoisotopic (exact) mass is 341 g/mol. The van der Waals surface area contributed by atoms with Crippen LogP contribution < -0.4 is 11.1 Å². The molecule has 0 aromatic heterocycles. The molecule has 3 nitrogen and oxygen atoms in total. The summed E-state index contributed by atoms with van der Waals surface area (Å²) in [7, 11) is 2.20. The summed E-state index contributed by atoms with van der Waals surface area (Å²) in [5.41, 5.74) is 7.72. The third-order valence-electron chi connectivity index (χ3n) is 3.71. The van der Waals surface area contributed by atoms with Crippen molar-refractivity contribution in [2.24, 2.45) is 5.73 Å². The lowest BCUT2D eigenvalue weighted by Gasteiger charge is -2.33. The summed E-state index contributed by atoms with van der Waals surface area (Å²) in [5.74, 6) is 0. The lowest BCUT2D eigenvalue weighted by molar-refractivity contribution is 0.194. The van der Waals surface area contributed by atoms with Gasteiger partial charge >= 0.3 is 0 Å². The number of likely N-dealkylation sites (N-methyl/N-ethyl adjacent to an activating group) is 1. The minimum atomic E-state index is 0.423. The molecule has 0 amide bonds. The number of anilines is 1. The molecule has 19 heavy (non-hydrogen) atoms. The maximum Gasteiger partial charge on any atom is 0.107 e. The van der Waals surface area contributed by atoms with Gasteiger partial charge in [-0.15, -0.1) is 0 Å². The van der Waals surface area contributed by atoms with Crippen molar-refractivity contribution in [3.8, 4) is 0 Å². The number of nitrogens with one attached hydrogen (secondary N) is 1. The Bertz CT molecular complexity index is 464. The highest BCUT2D eigenvalue weighted by atomic mass is 79.9. The fourth-order valence-corrected chi connectivity index (χ4v) is 3.48. The minimum Gasteiger partial charge on any atom is -0.389 e. The number of thiocarbonyl (C=S) groups is 1. The number of hydrogen-bond acceptors (Lipinski definition) is 3. The SMILES string of the molecule is CN1CCCCC1CNc1cccc(Br)c1C(N)=S. The van der Waals surface area contributed by atoms with Crippen LogP contribution >= 0.6 is 28.1 Å². The molecule has 5 heteroatoms. The van der Waals surface area contributed by atoms with Crippen LogP contribution in [0, 0.1) is 0 Å². The Morgan fingerprint density at radius 3 is 3.00 bits per heavy atom. The van der Waals surface area contributed by atoms with E-state index >= 15 is 0 Å². The van der Waals surface area contributed by atoms with Gasteiger partial charge in [0.2, 0.25) is 0 Å². The number of piperidine rings is 1. The van der Waals surface area contributed by atoms with Gasteiger partial charge < -0.3 is 16.0 Å². The summed E-state index contributed by atoms with van der Waals surface area (Å²) < 4.78 is 0.946. The second-order valence-electron chi connectivity index (χ2n) is 5.04. The molecule has 0 spiro atoms. The average Bonchev–Trinajstić information content (AvgIpc) is 2.37. The van der Waals surface area contributed by atoms with Crippen molar-refractivity contribution in [1.82, 2.24) is 4.90 Å². The van der Waals surface area contributed by atoms with Crippen molar-refractivity contribution >= 4 is 38.8 Å². The Morgan fingerprint density at radius 2 is 2.32 bits per heavy atom. The van der Waals surface area contributed by atoms with Crippen molar-refractivity contribution in [1.29, 1.82) is 0 Å². The van der Waals surface area contributed by atoms with Gasteiger partial charge in [0.15, 0.2) is 0 Å². The molecule has 1 unspecified atom stereocenters. The van der Waals surface area contributed by atoms with Crippen molar-refractivity contribution in [3.63, 3.8) is 0 Å². The number of nitrogens with two attached hydrogens (primary N) is 1. The smallest absolute Gasteiger partial charge is 0.107 e. The summed E-state index contributed by atoms with van der Waals surface area (Å²) in [6, 6.07) is 6.58. The third-order valence-corrected chi connectivity index (χ3v) is 4.57. The topological polar surface area (TPSA) is 41.3 Å². The Hall–Kier alpha value is -0.650. The van der Waals surface area contributed by atoms with Gasteiger partial charge in [-0.05, 0) is 54.5 Å². The predicted molar refractivity (Wildman–Crippen MR) is 88.8 cm³/mol. The van der Waals surface area contributed by atoms with Gasteiger partial charge in [-0.3, -0.25) is 0 Å². The molecule has 104 valence electrons. The van der Waals surface area contributed by atoms with E-state index in [2.05, 4.69) is 33.2 Å². The molecule has 1 fully saturated rings. The standard InChI is InChI=1S/C14H20BrN3S/c1-18-8-3-2-5-10(18)9-17-12-7-4-6-11(15)13(12)14(16)19/h4,6-7,10,17H,2-3,5,8-9H2,1H3,(H2,16,19). The van der Waals surface area contributed by atoms with Crippen LogP contribution in [0.4, 0.5) is 5.69 Å². The zero-order valence-corrected chi connectivity index (χ0v) is 13.6. The van der Waals surface area contributed by atoms with Gasteiger partial charge in [-0.25, -0.2) is 0 Å². The first-order valence-corrected chi connectivity index (χ1v) is 7.82. The summed E-state index contributed by atoms with van der Waals surface area (Å²) in [6.07, 6.45) is 3.87. The van der Waals surface area contributed by atoms with E-state index in [0.717, 1.165) is 22.3 Å². The van der Waals surface area contributed by atoms with Crippen LogP contribution in [0.15, 0.2) is 22.7 Å². The first-order chi connectivity index (χ1) is 9.09. The van der Waals surface area contributed by atoms with E-state index in [9.17, 15) is 0 Å². The molecule has 0 saturated carbocycles. The lowest BCUT2D eigenvalue weighted by Crippen LogP contribution is -2.41. The molecule has 3 N–H and O–H groups in total. The molecule has 0 bridgehead atoms. The second-order valence-corrected chi connectivity index (χ2v) is 6.33. The number of nitrogens with zero attached hydrogens (tertiary/aromatic N) is 1. The fourth-order valence-electron chi connectivity index (χ4n) is 2.55. The highest BCUT2D eigenvalue weighted by Gasteiger charge is 2.19. The Morgan fingerprint density at radius 1 is 1.53 bits per heavy atom. The Balaban J connectivity index is 2.07. The molecule has 1 aromatic carbocycles. The van der Waals surface area contributed by atoms with Gasteiger partial charge in [0.1, 0.15) is 4.99 Å². The fraction of sp³-hybridized carbons (Fsp3) is 0.500. The number of rotatable bonds is 4. The van der Waals surface area contributed by atoms with Crippen LogP contribution in [0.2, 0.25) is 0 Å². The first-order valence-electron chi connectivity index (χ1n) is 6.62. The summed E-state index contributed by atoms with van der Waals surface area (Å²) in [5, 5.41) is 3.50. The highest BCUT2D eigenvalue weighted by molar-refractivity contribution is 9.10. The van der Waals surface area contributed by atoms with E-state index in [-0.39, 0.29) is 0 Å². The molecule has 1 atom stereocenters. The molecule has 2 rings (SSSR count). The van der Waals surface area contributed by atoms with Crippen molar-refractivity contribution < 1.29 is 0 Å². The van der Waals surface area contributed by atoms with Gasteiger partial charge in [0, 0.05) is 28.3 Å². The Labute approximate surface area is 128 Å². The van der Waals surface area contributed by atoms with Crippen LogP contribution in [-0.4, -0.2) is 36.1 Å². The maximum atomic E-state index is 5.80. The summed E-state index contributed by atoms with van der Waals surface area (Å²) in [4.78, 5) is 2.85. The molecule has 1 aromatic rings. The van der Waals surface area contributed by atoms with Crippen LogP contribution in [0.5, 0.6) is 0 Å². The van der Waals surface area contributed by atoms with Crippen LogP contribution in [0.1, 0.15) is 24.8 Å². The third kappa shape index (κ3) is 3.68. The Kier molecular flexibility index (Phi) is 5.19. The van der Waals surface area contributed by atoms with Gasteiger partial charge in [0.25, 0.3) is 0 Å². The maximum absolute atomic E-state index is 5.80. The first kappa shape index (κ1) is 14.8. The molecule has 0 aliphatic carbocycles. The van der Waals surface area contributed by atoms with Crippen LogP contribution in [0.3, 0.4) is 0 Å². The van der Waals surface area contributed by atoms with E-state index in [1.807, 2.05) is 18.2 Å². The number of halogens is 1. The normalized spacial score (nSPS) is 20.2. The van der Waals surface area contributed by atoms with E-state index in [4.69, 9.17) is 18.0 Å². The van der Waals surface area contributed by atoms with Crippen molar-refractivity contribution in [2.75, 3.05) is 25.5 Å². The van der Waals surface area contributed by atoms with Gasteiger partial charge in [-0.2, -0.15) is 0 Å². The summed E-state index contributed by atoms with van der Waals surface area (Å²) in [6.45, 7) is 2.12. The quantitative estimate of drug-likeness (QED) is 0.826. The van der Waals surface area contributed by atoms with Crippen LogP contribution in [0.25, 0.3) is 0 Å². The van der Waals surface area contributed by atoms with Crippen molar-refractivity contribution in [2.45, 2.75) is 25.3 Å². The molecular weight excluding hydrogens is 322 g/mol. The van der Waals surface area contributed by atoms with E-state index in [1.165, 1.54) is 25.8 Å². The second kappa shape index (κ2) is 6.68. The number of likely N-dealkylation sites (tertiary alicyclic amines) is 1. The molecule has 1 aliphatic rings. The van der Waals surface area contributed by atoms with E-state index in [0.29, 0.717) is 11.0 Å². The zero-order chi connectivity index (χ0) is 13.8. The summed E-state index contributed by atoms with van der Waals surface area (Å²) >= 11 is 8.64. The van der Waals surface area contributed by atoms with Gasteiger partial charge in [-0.1, -0.05) is 24.7 Å². The zero-order valence-electron chi connectivity index (χ0n) is 11.2. The minimum absolute atomic E-state index is 0.423. The predicted octanol–water partition coefficient (Wildman–Crippen LogP) is 2.98. The lowest BCUT2D eigenvalue weighted by atomic mass is 10.0. The average molecular weight is 342 g/mol. The molecule has 1 saturated heterocycles. The molecular formula is C14H20BrN3S. The molecule has 0 radical (unpaired) electrons. The van der Waals surface area contributed by atoms with Crippen molar-refractivity contribution in [3.05, 3.63) is 28.2 Å². The van der Waals surface area contributed by atoms with E-state index in [1.54, 1.807) is 0 Å². The molecule has 1 heterocycles. The highest BCUT2D eigenvalue weighted by Crippen LogP contribution is 2.25. The number of hydrogen-bond donors (Lipinski definition) is 2. The van der Waals surface area contributed by atoms with Gasteiger partial charge in [0.05, 0.1) is 0 Å². The van der Waals surface area contributed by atoms with E-state index < -0.39 is 0 Å². The largest absolute Gasteiger partial charge is 0.389 e. The van der Waals surface area contributed by atoms with Crippen LogP contribution in [-0.2, 0) is 0 Å². The number of benzene rings is 1. The molecule has 1 aliphatic heterocycles.